The number of rotatable bonds is 4. The molecule has 0 saturated heterocycles. The fraction of sp³-hybridized carbons (Fsp3) is 0.100. The first-order valence-corrected chi connectivity index (χ1v) is 5.54. The van der Waals surface area contributed by atoms with Crippen molar-refractivity contribution in [2.75, 3.05) is 0 Å². The van der Waals surface area contributed by atoms with E-state index >= 15 is 0 Å². The van der Waals surface area contributed by atoms with Gasteiger partial charge in [0.25, 0.3) is 0 Å². The van der Waals surface area contributed by atoms with E-state index in [1.54, 1.807) is 18.2 Å². The van der Waals surface area contributed by atoms with Gasteiger partial charge in [-0.05, 0) is 17.7 Å². The van der Waals surface area contributed by atoms with Crippen molar-refractivity contribution in [2.45, 2.75) is 6.61 Å². The van der Waals surface area contributed by atoms with Crippen LogP contribution in [0, 0.1) is 0 Å². The Morgan fingerprint density at radius 3 is 2.83 bits per heavy atom. The van der Waals surface area contributed by atoms with Crippen molar-refractivity contribution in [3.05, 3.63) is 39.5 Å². The van der Waals surface area contributed by atoms with Gasteiger partial charge in [0.2, 0.25) is 11.6 Å². The molecule has 0 spiro atoms. The van der Waals surface area contributed by atoms with Crippen LogP contribution in [0.5, 0.6) is 5.88 Å². The summed E-state index contributed by atoms with van der Waals surface area (Å²) in [4.78, 5) is 10.8. The number of aromatic amines is 1. The van der Waals surface area contributed by atoms with Crippen LogP contribution in [0.3, 0.4) is 0 Å². The molecule has 0 bridgehead atoms. The van der Waals surface area contributed by atoms with Crippen molar-refractivity contribution < 1.29 is 14.6 Å². The van der Waals surface area contributed by atoms with Gasteiger partial charge in [0.15, 0.2) is 0 Å². The van der Waals surface area contributed by atoms with Crippen molar-refractivity contribution in [3.63, 3.8) is 0 Å². The van der Waals surface area contributed by atoms with Crippen LogP contribution >= 0.6 is 23.2 Å². The summed E-state index contributed by atoms with van der Waals surface area (Å²) >= 11 is 11.6. The first-order chi connectivity index (χ1) is 8.58. The molecule has 0 radical (unpaired) electrons. The summed E-state index contributed by atoms with van der Waals surface area (Å²) in [6.45, 7) is 0.126. The van der Waals surface area contributed by atoms with E-state index in [4.69, 9.17) is 33.0 Å². The van der Waals surface area contributed by atoms with E-state index in [9.17, 15) is 4.79 Å². The maximum absolute atomic E-state index is 10.8. The molecule has 0 saturated carbocycles. The number of halogens is 2. The van der Waals surface area contributed by atoms with Crippen LogP contribution in [-0.2, 0) is 6.61 Å². The molecule has 0 atom stereocenters. The van der Waals surface area contributed by atoms with Crippen LogP contribution in [0.1, 0.15) is 16.1 Å². The highest BCUT2D eigenvalue weighted by molar-refractivity contribution is 6.42. The molecule has 0 aliphatic carbocycles. The Balaban J connectivity index is 2.09. The highest BCUT2D eigenvalue weighted by Gasteiger charge is 2.16. The van der Waals surface area contributed by atoms with Crippen LogP contribution in [0.4, 0.5) is 0 Å². The SMILES string of the molecule is O=C(O)c1nn[nH]c1OCc1ccc(Cl)c(Cl)c1. The maximum atomic E-state index is 10.8. The van der Waals surface area contributed by atoms with E-state index in [0.717, 1.165) is 5.56 Å². The third-order valence-corrected chi connectivity index (χ3v) is 2.83. The number of ether oxygens (including phenoxy) is 1. The number of hydrogen-bond donors (Lipinski definition) is 2. The molecule has 0 fully saturated rings. The standard InChI is InChI=1S/C10H7Cl2N3O3/c11-6-2-1-5(3-7(6)12)4-18-9-8(10(16)17)13-15-14-9/h1-3H,4H2,(H,16,17)(H,13,14,15). The average molecular weight is 288 g/mol. The summed E-state index contributed by atoms with van der Waals surface area (Å²) < 4.78 is 5.26. The van der Waals surface area contributed by atoms with Gasteiger partial charge < -0.3 is 9.84 Å². The number of carbonyl (C=O) groups is 1. The first-order valence-electron chi connectivity index (χ1n) is 4.79. The Bertz CT molecular complexity index is 585. The number of hydrogen-bond acceptors (Lipinski definition) is 4. The molecule has 1 heterocycles. The number of carboxylic acid groups (broad SMARTS) is 1. The number of aromatic carboxylic acids is 1. The second-order valence-electron chi connectivity index (χ2n) is 3.33. The minimum Gasteiger partial charge on any atom is -0.476 e. The van der Waals surface area contributed by atoms with Crippen molar-refractivity contribution in [1.82, 2.24) is 15.4 Å². The smallest absolute Gasteiger partial charge is 0.362 e. The minimum atomic E-state index is -1.21. The van der Waals surface area contributed by atoms with Crippen LogP contribution in [-0.4, -0.2) is 26.5 Å². The number of nitrogens with zero attached hydrogens (tertiary/aromatic N) is 2. The molecule has 0 aliphatic rings. The van der Waals surface area contributed by atoms with Crippen molar-refractivity contribution in [2.24, 2.45) is 0 Å². The van der Waals surface area contributed by atoms with Gasteiger partial charge in [-0.2, -0.15) is 0 Å². The van der Waals surface area contributed by atoms with Gasteiger partial charge in [-0.15, -0.1) is 5.10 Å². The maximum Gasteiger partial charge on any atom is 0.362 e. The van der Waals surface area contributed by atoms with E-state index in [2.05, 4.69) is 15.4 Å². The Kier molecular flexibility index (Phi) is 3.69. The van der Waals surface area contributed by atoms with Gasteiger partial charge in [-0.1, -0.05) is 34.5 Å². The molecule has 0 amide bonds. The Hall–Kier alpha value is -1.79. The molecule has 2 N–H and O–H groups in total. The lowest BCUT2D eigenvalue weighted by Crippen LogP contribution is -2.03. The van der Waals surface area contributed by atoms with Crippen LogP contribution in [0.15, 0.2) is 18.2 Å². The monoisotopic (exact) mass is 287 g/mol. The predicted molar refractivity (Wildman–Crippen MR) is 64.1 cm³/mol. The van der Waals surface area contributed by atoms with Crippen LogP contribution < -0.4 is 4.74 Å². The van der Waals surface area contributed by atoms with Gasteiger partial charge in [-0.3, -0.25) is 0 Å². The zero-order valence-electron chi connectivity index (χ0n) is 8.85. The molecule has 2 rings (SSSR count). The van der Waals surface area contributed by atoms with Gasteiger partial charge in [-0.25, -0.2) is 9.89 Å². The summed E-state index contributed by atoms with van der Waals surface area (Å²) in [6, 6.07) is 4.98. The quantitative estimate of drug-likeness (QED) is 0.901. The minimum absolute atomic E-state index is 0.00595. The molecule has 94 valence electrons. The van der Waals surface area contributed by atoms with Gasteiger partial charge in [0, 0.05) is 0 Å². The Morgan fingerprint density at radius 2 is 2.17 bits per heavy atom. The molecule has 0 aliphatic heterocycles. The fourth-order valence-corrected chi connectivity index (χ4v) is 1.56. The largest absolute Gasteiger partial charge is 0.476 e. The molecular weight excluding hydrogens is 281 g/mol. The summed E-state index contributed by atoms with van der Waals surface area (Å²) in [5.41, 5.74) is 0.477. The molecule has 0 unspecified atom stereocenters. The number of nitrogens with one attached hydrogen (secondary N) is 1. The highest BCUT2D eigenvalue weighted by Crippen LogP contribution is 2.23. The van der Waals surface area contributed by atoms with E-state index in [1.807, 2.05) is 0 Å². The molecule has 8 heteroatoms. The summed E-state index contributed by atoms with van der Waals surface area (Å²) in [5.74, 6) is -1.22. The number of benzene rings is 1. The van der Waals surface area contributed by atoms with E-state index in [0.29, 0.717) is 10.0 Å². The normalized spacial score (nSPS) is 10.3. The molecule has 18 heavy (non-hydrogen) atoms. The highest BCUT2D eigenvalue weighted by atomic mass is 35.5. The molecular formula is C10H7Cl2N3O3. The molecule has 6 nitrogen and oxygen atoms in total. The third-order valence-electron chi connectivity index (χ3n) is 2.09. The van der Waals surface area contributed by atoms with Gasteiger partial charge >= 0.3 is 5.97 Å². The fourth-order valence-electron chi connectivity index (χ4n) is 1.24. The lowest BCUT2D eigenvalue weighted by molar-refractivity contribution is 0.0685. The van der Waals surface area contributed by atoms with Crippen molar-refractivity contribution >= 4 is 29.2 Å². The number of carboxylic acids is 1. The number of aromatic nitrogens is 3. The second kappa shape index (κ2) is 5.24. The number of H-pyrrole nitrogens is 1. The predicted octanol–water partition coefficient (Wildman–Crippen LogP) is 2.39. The first kappa shape index (κ1) is 12.7. The van der Waals surface area contributed by atoms with E-state index < -0.39 is 5.97 Å². The topological polar surface area (TPSA) is 88.1 Å². The Labute approximate surface area is 111 Å². The summed E-state index contributed by atoms with van der Waals surface area (Å²) in [7, 11) is 0. The molecule has 1 aromatic heterocycles. The van der Waals surface area contributed by atoms with Crippen LogP contribution in [0.25, 0.3) is 0 Å². The Morgan fingerprint density at radius 1 is 1.39 bits per heavy atom. The zero-order valence-corrected chi connectivity index (χ0v) is 10.4. The second-order valence-corrected chi connectivity index (χ2v) is 4.15. The van der Waals surface area contributed by atoms with E-state index in [1.165, 1.54) is 0 Å². The molecule has 1 aromatic carbocycles. The van der Waals surface area contributed by atoms with Crippen molar-refractivity contribution in [1.29, 1.82) is 0 Å². The average Bonchev–Trinajstić information content (AvgIpc) is 2.79. The van der Waals surface area contributed by atoms with Gasteiger partial charge in [0.1, 0.15) is 6.61 Å². The lowest BCUT2D eigenvalue weighted by Gasteiger charge is -2.05. The summed E-state index contributed by atoms with van der Waals surface area (Å²) in [5, 5.41) is 18.7. The lowest BCUT2D eigenvalue weighted by atomic mass is 10.2. The van der Waals surface area contributed by atoms with Crippen molar-refractivity contribution in [3.8, 4) is 5.88 Å². The van der Waals surface area contributed by atoms with E-state index in [-0.39, 0.29) is 18.2 Å². The van der Waals surface area contributed by atoms with Crippen LogP contribution in [0.2, 0.25) is 10.0 Å². The van der Waals surface area contributed by atoms with Gasteiger partial charge in [0.05, 0.1) is 10.0 Å². The summed E-state index contributed by atoms with van der Waals surface area (Å²) in [6.07, 6.45) is 0. The molecule has 2 aromatic rings. The zero-order chi connectivity index (χ0) is 13.1. The third kappa shape index (κ3) is 2.72.